The van der Waals surface area contributed by atoms with Crippen LogP contribution in [0.15, 0.2) is 27.1 Å². The number of halogens is 2. The van der Waals surface area contributed by atoms with E-state index in [1.165, 1.54) is 6.07 Å². The van der Waals surface area contributed by atoms with Crippen LogP contribution in [0.2, 0.25) is 5.15 Å². The van der Waals surface area contributed by atoms with Crippen LogP contribution >= 0.6 is 38.9 Å². The number of anilines is 1. The predicted octanol–water partition coefficient (Wildman–Crippen LogP) is 2.45. The Hall–Kier alpha value is -1.23. The van der Waals surface area contributed by atoms with Gasteiger partial charge in [0.15, 0.2) is 0 Å². The molecule has 0 saturated carbocycles. The van der Waals surface area contributed by atoms with Crippen molar-refractivity contribution in [3.63, 3.8) is 0 Å². The van der Waals surface area contributed by atoms with Crippen molar-refractivity contribution in [2.24, 2.45) is 0 Å². The van der Waals surface area contributed by atoms with Gasteiger partial charge in [-0.05, 0) is 22.0 Å². The van der Waals surface area contributed by atoms with Crippen LogP contribution in [-0.4, -0.2) is 29.5 Å². The van der Waals surface area contributed by atoms with Gasteiger partial charge in [-0.2, -0.15) is 0 Å². The second-order valence-corrected chi connectivity index (χ2v) is 7.79. The van der Waals surface area contributed by atoms with Gasteiger partial charge >= 0.3 is 5.97 Å². The molecule has 0 aliphatic rings. The van der Waals surface area contributed by atoms with E-state index in [1.807, 2.05) is 0 Å². The SMILES string of the molecule is O=C(O)c1cc(S(=O)(=O)Nc2cc(Cl)ncn2)c(Br)s1. The standard InChI is InChI=1S/C9H5BrClN3O4S2/c10-8-5(1-4(19-8)9(15)16)20(17,18)14-7-2-6(11)12-3-13-7/h1-3H,(H,15,16)(H,12,13,14). The number of thiophene rings is 1. The van der Waals surface area contributed by atoms with Crippen molar-refractivity contribution in [2.45, 2.75) is 4.90 Å². The molecule has 0 fully saturated rings. The van der Waals surface area contributed by atoms with E-state index >= 15 is 0 Å². The number of hydrogen-bond donors (Lipinski definition) is 2. The van der Waals surface area contributed by atoms with Crippen molar-refractivity contribution >= 4 is 60.7 Å². The maximum absolute atomic E-state index is 12.1. The van der Waals surface area contributed by atoms with Crippen molar-refractivity contribution in [1.29, 1.82) is 0 Å². The zero-order valence-corrected chi connectivity index (χ0v) is 13.3. The van der Waals surface area contributed by atoms with Crippen LogP contribution in [0, 0.1) is 0 Å². The Labute approximate surface area is 130 Å². The first-order valence-corrected chi connectivity index (χ1v) is 8.29. The van der Waals surface area contributed by atoms with E-state index < -0.39 is 16.0 Å². The third-order valence-electron chi connectivity index (χ3n) is 2.03. The van der Waals surface area contributed by atoms with E-state index in [0.717, 1.165) is 23.7 Å². The molecule has 2 N–H and O–H groups in total. The molecule has 2 heterocycles. The zero-order valence-electron chi connectivity index (χ0n) is 9.37. The maximum Gasteiger partial charge on any atom is 0.345 e. The molecule has 0 aliphatic carbocycles. The zero-order chi connectivity index (χ0) is 14.9. The number of aromatic carboxylic acids is 1. The molecule has 0 aromatic carbocycles. The lowest BCUT2D eigenvalue weighted by Gasteiger charge is -2.05. The molecule has 7 nitrogen and oxygen atoms in total. The third kappa shape index (κ3) is 3.26. The summed E-state index contributed by atoms with van der Waals surface area (Å²) >= 11 is 9.45. The number of sulfonamides is 1. The first kappa shape index (κ1) is 15.2. The van der Waals surface area contributed by atoms with Gasteiger partial charge in [0.25, 0.3) is 10.0 Å². The molecular formula is C9H5BrClN3O4S2. The summed E-state index contributed by atoms with van der Waals surface area (Å²) in [4.78, 5) is 17.9. The molecule has 106 valence electrons. The van der Waals surface area contributed by atoms with Gasteiger partial charge in [-0.3, -0.25) is 4.72 Å². The Kier molecular flexibility index (Phi) is 4.28. The molecule has 11 heteroatoms. The second-order valence-electron chi connectivity index (χ2n) is 3.39. The number of nitrogens with one attached hydrogen (secondary N) is 1. The summed E-state index contributed by atoms with van der Waals surface area (Å²) in [5.41, 5.74) is 0. The van der Waals surface area contributed by atoms with Gasteiger partial charge < -0.3 is 5.11 Å². The molecule has 0 saturated heterocycles. The summed E-state index contributed by atoms with van der Waals surface area (Å²) in [6.07, 6.45) is 1.10. The van der Waals surface area contributed by atoms with Gasteiger partial charge in [-0.25, -0.2) is 23.2 Å². The topological polar surface area (TPSA) is 109 Å². The molecule has 0 bridgehead atoms. The van der Waals surface area contributed by atoms with Crippen molar-refractivity contribution in [3.05, 3.63) is 32.3 Å². The van der Waals surface area contributed by atoms with Gasteiger partial charge in [-0.1, -0.05) is 11.6 Å². The fourth-order valence-electron chi connectivity index (χ4n) is 1.22. The summed E-state index contributed by atoms with van der Waals surface area (Å²) < 4.78 is 26.6. The molecule has 20 heavy (non-hydrogen) atoms. The number of aromatic nitrogens is 2. The smallest absolute Gasteiger partial charge is 0.345 e. The van der Waals surface area contributed by atoms with Crippen LogP contribution in [0.3, 0.4) is 0 Å². The van der Waals surface area contributed by atoms with Crippen LogP contribution in [0.4, 0.5) is 5.82 Å². The molecule has 2 aromatic rings. The van der Waals surface area contributed by atoms with Crippen molar-refractivity contribution in [3.8, 4) is 0 Å². The number of hydrogen-bond acceptors (Lipinski definition) is 6. The van der Waals surface area contributed by atoms with Gasteiger partial charge in [0.2, 0.25) is 0 Å². The Morgan fingerprint density at radius 1 is 1.40 bits per heavy atom. The van der Waals surface area contributed by atoms with Gasteiger partial charge in [0, 0.05) is 6.07 Å². The van der Waals surface area contributed by atoms with Crippen molar-refractivity contribution in [2.75, 3.05) is 4.72 Å². The van der Waals surface area contributed by atoms with Crippen LogP contribution < -0.4 is 4.72 Å². The Balaban J connectivity index is 2.38. The molecule has 2 rings (SSSR count). The molecule has 0 atom stereocenters. The second kappa shape index (κ2) is 5.64. The predicted molar refractivity (Wildman–Crippen MR) is 76.8 cm³/mol. The normalized spacial score (nSPS) is 11.3. The lowest BCUT2D eigenvalue weighted by atomic mass is 10.5. The molecule has 0 amide bonds. The highest BCUT2D eigenvalue weighted by Crippen LogP contribution is 2.32. The van der Waals surface area contributed by atoms with E-state index in [0.29, 0.717) is 0 Å². The first-order chi connectivity index (χ1) is 9.29. The average molecular weight is 399 g/mol. The quantitative estimate of drug-likeness (QED) is 0.766. The van der Waals surface area contributed by atoms with Gasteiger partial charge in [-0.15, -0.1) is 11.3 Å². The fourth-order valence-corrected chi connectivity index (χ4v) is 4.77. The average Bonchev–Trinajstić information content (AvgIpc) is 2.71. The number of rotatable bonds is 4. The number of carboxylic acids is 1. The van der Waals surface area contributed by atoms with E-state index in [2.05, 4.69) is 30.6 Å². The molecule has 2 aromatic heterocycles. The number of carbonyl (C=O) groups is 1. The van der Waals surface area contributed by atoms with E-state index in [-0.39, 0.29) is 24.5 Å². The van der Waals surface area contributed by atoms with Crippen LogP contribution in [0.1, 0.15) is 9.67 Å². The summed E-state index contributed by atoms with van der Waals surface area (Å²) in [7, 11) is -3.97. The van der Waals surface area contributed by atoms with E-state index in [1.54, 1.807) is 0 Å². The first-order valence-electron chi connectivity index (χ1n) is 4.82. The minimum absolute atomic E-state index is 0.0139. The highest BCUT2D eigenvalue weighted by molar-refractivity contribution is 9.11. The molecule has 0 aliphatic heterocycles. The minimum atomic E-state index is -3.97. The Morgan fingerprint density at radius 2 is 2.10 bits per heavy atom. The third-order valence-corrected chi connectivity index (χ3v) is 5.83. The van der Waals surface area contributed by atoms with Crippen LogP contribution in [0.5, 0.6) is 0 Å². The summed E-state index contributed by atoms with van der Waals surface area (Å²) in [5, 5.41) is 8.93. The Bertz CT molecular complexity index is 777. The molecule has 0 radical (unpaired) electrons. The summed E-state index contributed by atoms with van der Waals surface area (Å²) in [6, 6.07) is 2.29. The van der Waals surface area contributed by atoms with Crippen molar-refractivity contribution < 1.29 is 18.3 Å². The largest absolute Gasteiger partial charge is 0.477 e. The Morgan fingerprint density at radius 3 is 2.65 bits per heavy atom. The van der Waals surface area contributed by atoms with Crippen LogP contribution in [0.25, 0.3) is 0 Å². The molecular weight excluding hydrogens is 394 g/mol. The van der Waals surface area contributed by atoms with Gasteiger partial charge in [0.1, 0.15) is 27.1 Å². The van der Waals surface area contributed by atoms with Crippen molar-refractivity contribution in [1.82, 2.24) is 9.97 Å². The lowest BCUT2D eigenvalue weighted by Crippen LogP contribution is -2.13. The monoisotopic (exact) mass is 397 g/mol. The fraction of sp³-hybridized carbons (Fsp3) is 0. The highest BCUT2D eigenvalue weighted by Gasteiger charge is 2.23. The van der Waals surface area contributed by atoms with Crippen LogP contribution in [-0.2, 0) is 10.0 Å². The number of carboxylic acid groups (broad SMARTS) is 1. The molecule has 0 unspecified atom stereocenters. The molecule has 0 spiro atoms. The highest BCUT2D eigenvalue weighted by atomic mass is 79.9. The summed E-state index contributed by atoms with van der Waals surface area (Å²) in [5.74, 6) is -1.22. The van der Waals surface area contributed by atoms with E-state index in [4.69, 9.17) is 16.7 Å². The minimum Gasteiger partial charge on any atom is -0.477 e. The van der Waals surface area contributed by atoms with Gasteiger partial charge in [0.05, 0.1) is 3.79 Å². The lowest BCUT2D eigenvalue weighted by molar-refractivity contribution is 0.0702. The van der Waals surface area contributed by atoms with E-state index in [9.17, 15) is 13.2 Å². The maximum atomic E-state index is 12.1. The number of nitrogens with zero attached hydrogens (tertiary/aromatic N) is 2. The summed E-state index contributed by atoms with van der Waals surface area (Å²) in [6.45, 7) is 0.